The van der Waals surface area contributed by atoms with Gasteiger partial charge in [-0.15, -0.1) is 0 Å². The van der Waals surface area contributed by atoms with Crippen LogP contribution in [0.3, 0.4) is 0 Å². The zero-order chi connectivity index (χ0) is 18.6. The quantitative estimate of drug-likeness (QED) is 0.692. The Kier molecular flexibility index (Phi) is 5.04. The van der Waals surface area contributed by atoms with Gasteiger partial charge >= 0.3 is 0 Å². The molecular weight excluding hydrogens is 352 g/mol. The number of aromatic nitrogens is 2. The smallest absolute Gasteiger partial charge is 0.229 e. The maximum atomic E-state index is 11.2. The maximum Gasteiger partial charge on any atom is 0.229 e. The summed E-state index contributed by atoms with van der Waals surface area (Å²) < 4.78 is 30.3. The van der Waals surface area contributed by atoms with Crippen LogP contribution in [0, 0.1) is 0 Å². The molecule has 1 aromatic heterocycles. The van der Waals surface area contributed by atoms with Gasteiger partial charge in [0.15, 0.2) is 0 Å². The molecule has 3 rings (SSSR count). The van der Waals surface area contributed by atoms with Crippen LogP contribution in [-0.4, -0.2) is 31.8 Å². The molecule has 2 aromatic carbocycles. The molecule has 7 nitrogen and oxygen atoms in total. The molecule has 0 atom stereocenters. The molecule has 0 aliphatic rings. The van der Waals surface area contributed by atoms with E-state index in [2.05, 4.69) is 20.0 Å². The lowest BCUT2D eigenvalue weighted by atomic mass is 10.1. The van der Waals surface area contributed by atoms with Gasteiger partial charge in [-0.3, -0.25) is 4.72 Å². The minimum absolute atomic E-state index is 0.496. The zero-order valence-corrected chi connectivity index (χ0v) is 15.1. The largest absolute Gasteiger partial charge is 0.496 e. The van der Waals surface area contributed by atoms with Gasteiger partial charge in [-0.1, -0.05) is 12.1 Å². The Morgan fingerprint density at radius 2 is 1.65 bits per heavy atom. The number of hydrogen-bond donors (Lipinski definition) is 2. The maximum absolute atomic E-state index is 11.2. The van der Waals surface area contributed by atoms with Crippen LogP contribution in [0.1, 0.15) is 0 Å². The number of hydrogen-bond acceptors (Lipinski definition) is 6. The minimum atomic E-state index is -3.29. The highest BCUT2D eigenvalue weighted by Crippen LogP contribution is 2.29. The molecule has 2 N–H and O–H groups in total. The highest BCUT2D eigenvalue weighted by atomic mass is 32.2. The molecule has 0 radical (unpaired) electrons. The number of nitrogens with zero attached hydrogens (tertiary/aromatic N) is 2. The molecule has 1 heterocycles. The standard InChI is InChI=1S/C18H18N4O3S/c1-25-17-6-4-3-5-15(17)16-11-18(20-12-19-16)21-13-7-9-14(10-8-13)22-26(2,23)24/h3-12,22H,1-2H3,(H,19,20,21). The molecule has 134 valence electrons. The van der Waals surface area contributed by atoms with Crippen LogP contribution in [-0.2, 0) is 10.0 Å². The monoisotopic (exact) mass is 370 g/mol. The number of nitrogens with one attached hydrogen (secondary N) is 2. The van der Waals surface area contributed by atoms with Gasteiger partial charge in [0.05, 0.1) is 19.1 Å². The first-order chi connectivity index (χ1) is 12.4. The molecule has 0 saturated carbocycles. The van der Waals surface area contributed by atoms with Crippen molar-refractivity contribution in [3.05, 3.63) is 60.9 Å². The normalized spacial score (nSPS) is 11.0. The fourth-order valence-corrected chi connectivity index (χ4v) is 2.98. The highest BCUT2D eigenvalue weighted by molar-refractivity contribution is 7.92. The summed E-state index contributed by atoms with van der Waals surface area (Å²) >= 11 is 0. The molecule has 0 aliphatic heterocycles. The van der Waals surface area contributed by atoms with E-state index in [9.17, 15) is 8.42 Å². The summed E-state index contributed by atoms with van der Waals surface area (Å²) in [5.74, 6) is 1.35. The number of ether oxygens (including phenoxy) is 1. The molecule has 26 heavy (non-hydrogen) atoms. The van der Waals surface area contributed by atoms with Crippen molar-refractivity contribution in [2.75, 3.05) is 23.4 Å². The van der Waals surface area contributed by atoms with Crippen molar-refractivity contribution in [1.82, 2.24) is 9.97 Å². The van der Waals surface area contributed by atoms with Gasteiger partial charge in [0, 0.05) is 23.0 Å². The van der Waals surface area contributed by atoms with E-state index in [-0.39, 0.29) is 0 Å². The van der Waals surface area contributed by atoms with E-state index in [4.69, 9.17) is 4.74 Å². The second-order valence-electron chi connectivity index (χ2n) is 5.57. The Hall–Kier alpha value is -3.13. The lowest BCUT2D eigenvalue weighted by Crippen LogP contribution is -2.09. The van der Waals surface area contributed by atoms with E-state index in [1.54, 1.807) is 31.4 Å². The zero-order valence-electron chi connectivity index (χ0n) is 14.3. The lowest BCUT2D eigenvalue weighted by Gasteiger charge is -2.10. The third-order valence-corrected chi connectivity index (χ3v) is 4.12. The van der Waals surface area contributed by atoms with Gasteiger partial charge in [-0.25, -0.2) is 18.4 Å². The summed E-state index contributed by atoms with van der Waals surface area (Å²) in [6.45, 7) is 0. The Balaban J connectivity index is 1.81. The van der Waals surface area contributed by atoms with E-state index >= 15 is 0 Å². The number of rotatable bonds is 6. The summed E-state index contributed by atoms with van der Waals surface area (Å²) in [4.78, 5) is 8.53. The summed E-state index contributed by atoms with van der Waals surface area (Å²) in [6, 6.07) is 16.3. The topological polar surface area (TPSA) is 93.2 Å². The van der Waals surface area contributed by atoms with Crippen LogP contribution < -0.4 is 14.8 Å². The molecule has 0 aliphatic carbocycles. The molecule has 0 bridgehead atoms. The second-order valence-corrected chi connectivity index (χ2v) is 7.31. The SMILES string of the molecule is COc1ccccc1-c1cc(Nc2ccc(NS(C)(=O)=O)cc2)ncn1. The van der Waals surface area contributed by atoms with E-state index < -0.39 is 10.0 Å². The minimum Gasteiger partial charge on any atom is -0.496 e. The fraction of sp³-hybridized carbons (Fsp3) is 0.111. The number of para-hydroxylation sites is 1. The van der Waals surface area contributed by atoms with E-state index in [1.165, 1.54) is 6.33 Å². The van der Waals surface area contributed by atoms with Crippen molar-refractivity contribution in [3.8, 4) is 17.0 Å². The molecule has 8 heteroatoms. The summed E-state index contributed by atoms with van der Waals surface area (Å²) in [5, 5.41) is 3.17. The van der Waals surface area contributed by atoms with Gasteiger partial charge < -0.3 is 10.1 Å². The third kappa shape index (κ3) is 4.48. The number of benzene rings is 2. The molecule has 0 fully saturated rings. The molecule has 0 saturated heterocycles. The van der Waals surface area contributed by atoms with Crippen LogP contribution in [0.15, 0.2) is 60.9 Å². The van der Waals surface area contributed by atoms with Crippen LogP contribution in [0.5, 0.6) is 5.75 Å². The van der Waals surface area contributed by atoms with E-state index in [0.717, 1.165) is 29.0 Å². The van der Waals surface area contributed by atoms with Crippen molar-refractivity contribution in [2.24, 2.45) is 0 Å². The molecule has 0 unspecified atom stereocenters. The van der Waals surface area contributed by atoms with Crippen LogP contribution in [0.2, 0.25) is 0 Å². The van der Waals surface area contributed by atoms with Crippen molar-refractivity contribution >= 4 is 27.2 Å². The van der Waals surface area contributed by atoms with E-state index in [1.807, 2.05) is 30.3 Å². The summed E-state index contributed by atoms with van der Waals surface area (Å²) in [7, 11) is -1.68. The number of sulfonamides is 1. The summed E-state index contributed by atoms with van der Waals surface area (Å²) in [6.07, 6.45) is 2.59. The molecular formula is C18H18N4O3S. The number of anilines is 3. The second kappa shape index (κ2) is 7.40. The first-order valence-electron chi connectivity index (χ1n) is 7.75. The van der Waals surface area contributed by atoms with Gasteiger partial charge in [0.1, 0.15) is 17.9 Å². The Bertz CT molecular complexity index is 1000. The first-order valence-corrected chi connectivity index (χ1v) is 9.64. The van der Waals surface area contributed by atoms with Gasteiger partial charge in [0.25, 0.3) is 0 Å². The Morgan fingerprint density at radius 1 is 0.962 bits per heavy atom. The van der Waals surface area contributed by atoms with Crippen molar-refractivity contribution < 1.29 is 13.2 Å². The Labute approximate surface area is 152 Å². The van der Waals surface area contributed by atoms with Crippen LogP contribution in [0.25, 0.3) is 11.3 Å². The lowest BCUT2D eigenvalue weighted by molar-refractivity contribution is 0.416. The third-order valence-electron chi connectivity index (χ3n) is 3.51. The highest BCUT2D eigenvalue weighted by Gasteiger charge is 2.08. The van der Waals surface area contributed by atoms with Crippen molar-refractivity contribution in [3.63, 3.8) is 0 Å². The first kappa shape index (κ1) is 17.7. The predicted molar refractivity (Wildman–Crippen MR) is 102 cm³/mol. The summed E-state index contributed by atoms with van der Waals surface area (Å²) in [5.41, 5.74) is 2.87. The van der Waals surface area contributed by atoms with E-state index in [0.29, 0.717) is 11.5 Å². The van der Waals surface area contributed by atoms with Crippen LogP contribution in [0.4, 0.5) is 17.2 Å². The number of methoxy groups -OCH3 is 1. The van der Waals surface area contributed by atoms with Gasteiger partial charge in [-0.2, -0.15) is 0 Å². The van der Waals surface area contributed by atoms with Crippen molar-refractivity contribution in [2.45, 2.75) is 0 Å². The van der Waals surface area contributed by atoms with Gasteiger partial charge in [-0.05, 0) is 36.4 Å². The van der Waals surface area contributed by atoms with Crippen LogP contribution >= 0.6 is 0 Å². The average molecular weight is 370 g/mol. The fourth-order valence-electron chi connectivity index (χ4n) is 2.41. The molecule has 3 aromatic rings. The average Bonchev–Trinajstić information content (AvgIpc) is 2.62. The molecule has 0 spiro atoms. The molecule has 0 amide bonds. The van der Waals surface area contributed by atoms with Crippen molar-refractivity contribution in [1.29, 1.82) is 0 Å². The Morgan fingerprint density at radius 3 is 2.35 bits per heavy atom. The van der Waals surface area contributed by atoms with Gasteiger partial charge in [0.2, 0.25) is 10.0 Å². The predicted octanol–water partition coefficient (Wildman–Crippen LogP) is 3.27.